The Hall–Kier alpha value is -1.02. The minimum atomic E-state index is 0.892. The Bertz CT molecular complexity index is 267. The lowest BCUT2D eigenvalue weighted by atomic mass is 10.1. The molecular formula is C10H16N2. The lowest BCUT2D eigenvalue weighted by Crippen LogP contribution is -2.12. The molecule has 0 aliphatic heterocycles. The van der Waals surface area contributed by atoms with Gasteiger partial charge in [-0.25, -0.2) is 0 Å². The Morgan fingerprint density at radius 2 is 2.00 bits per heavy atom. The van der Waals surface area contributed by atoms with E-state index in [0.717, 1.165) is 12.2 Å². The molecule has 0 heterocycles. The fraction of sp³-hybridized carbons (Fsp3) is 0.400. The van der Waals surface area contributed by atoms with Gasteiger partial charge in [0, 0.05) is 12.2 Å². The molecule has 0 unspecified atom stereocenters. The first kappa shape index (κ1) is 9.07. The van der Waals surface area contributed by atoms with E-state index in [1.165, 1.54) is 11.1 Å². The van der Waals surface area contributed by atoms with Crippen LogP contribution in [0.15, 0.2) is 18.2 Å². The molecule has 2 heteroatoms. The summed E-state index contributed by atoms with van der Waals surface area (Å²) >= 11 is 0. The topological polar surface area (TPSA) is 29.3 Å². The zero-order valence-electron chi connectivity index (χ0n) is 7.96. The molecule has 0 saturated heterocycles. The smallest absolute Gasteiger partial charge is 0.0362 e. The van der Waals surface area contributed by atoms with Gasteiger partial charge in [0.25, 0.3) is 0 Å². The Kier molecular flexibility index (Phi) is 2.71. The van der Waals surface area contributed by atoms with Crippen molar-refractivity contribution in [2.45, 2.75) is 13.5 Å². The van der Waals surface area contributed by atoms with Crippen molar-refractivity contribution in [1.82, 2.24) is 4.90 Å². The molecule has 0 atom stereocenters. The monoisotopic (exact) mass is 164 g/mol. The number of benzene rings is 1. The maximum absolute atomic E-state index is 5.84. The third-order valence-electron chi connectivity index (χ3n) is 1.79. The fourth-order valence-corrected chi connectivity index (χ4v) is 1.20. The van der Waals surface area contributed by atoms with Gasteiger partial charge in [0.15, 0.2) is 0 Å². The van der Waals surface area contributed by atoms with Crippen LogP contribution in [0.3, 0.4) is 0 Å². The van der Waals surface area contributed by atoms with Gasteiger partial charge in [0.1, 0.15) is 0 Å². The second-order valence-corrected chi connectivity index (χ2v) is 3.44. The molecule has 0 bridgehead atoms. The molecule has 2 nitrogen and oxygen atoms in total. The third kappa shape index (κ3) is 2.24. The van der Waals surface area contributed by atoms with Gasteiger partial charge in [-0.3, -0.25) is 0 Å². The Balaban J connectivity index is 2.86. The molecule has 0 saturated carbocycles. The second-order valence-electron chi connectivity index (χ2n) is 3.44. The highest BCUT2D eigenvalue weighted by Gasteiger charge is 1.99. The summed E-state index contributed by atoms with van der Waals surface area (Å²) in [6.07, 6.45) is 0. The predicted molar refractivity (Wildman–Crippen MR) is 53.0 cm³/mol. The number of nitrogens with two attached hydrogens (primary N) is 1. The highest BCUT2D eigenvalue weighted by molar-refractivity contribution is 5.48. The van der Waals surface area contributed by atoms with E-state index < -0.39 is 0 Å². The minimum absolute atomic E-state index is 0.892. The molecule has 0 fully saturated rings. The summed E-state index contributed by atoms with van der Waals surface area (Å²) in [4.78, 5) is 2.11. The van der Waals surface area contributed by atoms with Crippen LogP contribution < -0.4 is 5.73 Å². The molecule has 66 valence electrons. The van der Waals surface area contributed by atoms with E-state index in [0.29, 0.717) is 0 Å². The van der Waals surface area contributed by atoms with E-state index in [1.807, 2.05) is 20.2 Å². The second kappa shape index (κ2) is 3.59. The molecule has 1 aromatic carbocycles. The molecule has 1 rings (SSSR count). The van der Waals surface area contributed by atoms with Crippen molar-refractivity contribution in [3.8, 4) is 0 Å². The lowest BCUT2D eigenvalue weighted by molar-refractivity contribution is 0.403. The molecular weight excluding hydrogens is 148 g/mol. The maximum atomic E-state index is 5.84. The first-order chi connectivity index (χ1) is 5.59. The summed E-state index contributed by atoms with van der Waals surface area (Å²) in [5.74, 6) is 0. The van der Waals surface area contributed by atoms with Crippen molar-refractivity contribution in [3.63, 3.8) is 0 Å². The molecule has 0 aromatic heterocycles. The van der Waals surface area contributed by atoms with Gasteiger partial charge in [-0.05, 0) is 38.2 Å². The van der Waals surface area contributed by atoms with Crippen molar-refractivity contribution in [2.75, 3.05) is 19.8 Å². The average Bonchev–Trinajstić information content (AvgIpc) is 1.94. The summed E-state index contributed by atoms with van der Waals surface area (Å²) in [5.41, 5.74) is 9.15. The van der Waals surface area contributed by atoms with Crippen molar-refractivity contribution in [3.05, 3.63) is 29.3 Å². The molecule has 0 radical (unpaired) electrons. The SMILES string of the molecule is Cc1ccc(CN(C)C)c(N)c1. The van der Waals surface area contributed by atoms with Crippen LogP contribution in [0, 0.1) is 6.92 Å². The summed E-state index contributed by atoms with van der Waals surface area (Å²) in [6, 6.07) is 6.19. The van der Waals surface area contributed by atoms with E-state index in [-0.39, 0.29) is 0 Å². The van der Waals surface area contributed by atoms with Gasteiger partial charge >= 0.3 is 0 Å². The third-order valence-corrected chi connectivity index (χ3v) is 1.79. The number of anilines is 1. The largest absolute Gasteiger partial charge is 0.398 e. The normalized spacial score (nSPS) is 10.7. The quantitative estimate of drug-likeness (QED) is 0.673. The van der Waals surface area contributed by atoms with E-state index in [2.05, 4.69) is 24.0 Å². The van der Waals surface area contributed by atoms with Crippen LogP contribution in [0.2, 0.25) is 0 Å². The van der Waals surface area contributed by atoms with Gasteiger partial charge in [-0.1, -0.05) is 12.1 Å². The molecule has 1 aromatic rings. The van der Waals surface area contributed by atoms with Gasteiger partial charge in [-0.2, -0.15) is 0 Å². The van der Waals surface area contributed by atoms with Crippen LogP contribution in [0.5, 0.6) is 0 Å². The first-order valence-corrected chi connectivity index (χ1v) is 4.09. The number of hydrogen-bond acceptors (Lipinski definition) is 2. The van der Waals surface area contributed by atoms with Crippen LogP contribution in [0.4, 0.5) is 5.69 Å². The number of rotatable bonds is 2. The van der Waals surface area contributed by atoms with Crippen molar-refractivity contribution in [2.24, 2.45) is 0 Å². The number of aryl methyl sites for hydroxylation is 1. The molecule has 12 heavy (non-hydrogen) atoms. The van der Waals surface area contributed by atoms with E-state index in [4.69, 9.17) is 5.73 Å². The molecule has 0 amide bonds. The van der Waals surface area contributed by atoms with Crippen molar-refractivity contribution < 1.29 is 0 Å². The van der Waals surface area contributed by atoms with E-state index in [9.17, 15) is 0 Å². The standard InChI is InChI=1S/C10H16N2/c1-8-4-5-9(7-12(2)3)10(11)6-8/h4-6H,7,11H2,1-3H3. The summed E-state index contributed by atoms with van der Waals surface area (Å²) < 4.78 is 0. The lowest BCUT2D eigenvalue weighted by Gasteiger charge is -2.11. The Morgan fingerprint density at radius 3 is 2.50 bits per heavy atom. The Morgan fingerprint density at radius 1 is 1.33 bits per heavy atom. The van der Waals surface area contributed by atoms with Crippen molar-refractivity contribution in [1.29, 1.82) is 0 Å². The van der Waals surface area contributed by atoms with Gasteiger partial charge in [-0.15, -0.1) is 0 Å². The van der Waals surface area contributed by atoms with Gasteiger partial charge < -0.3 is 10.6 Å². The van der Waals surface area contributed by atoms with E-state index in [1.54, 1.807) is 0 Å². The number of nitrogen functional groups attached to an aromatic ring is 1. The van der Waals surface area contributed by atoms with Crippen LogP contribution in [-0.2, 0) is 6.54 Å². The number of nitrogens with zero attached hydrogens (tertiary/aromatic N) is 1. The molecule has 0 aliphatic carbocycles. The van der Waals surface area contributed by atoms with Gasteiger partial charge in [0.05, 0.1) is 0 Å². The average molecular weight is 164 g/mol. The van der Waals surface area contributed by atoms with Crippen molar-refractivity contribution >= 4 is 5.69 Å². The Labute approximate surface area is 74.0 Å². The zero-order chi connectivity index (χ0) is 9.14. The van der Waals surface area contributed by atoms with Crippen LogP contribution in [0.25, 0.3) is 0 Å². The van der Waals surface area contributed by atoms with Crippen LogP contribution in [0.1, 0.15) is 11.1 Å². The predicted octanol–water partition coefficient (Wildman–Crippen LogP) is 1.64. The minimum Gasteiger partial charge on any atom is -0.398 e. The van der Waals surface area contributed by atoms with E-state index >= 15 is 0 Å². The molecule has 0 spiro atoms. The number of hydrogen-bond donors (Lipinski definition) is 1. The van der Waals surface area contributed by atoms with Gasteiger partial charge in [0.2, 0.25) is 0 Å². The summed E-state index contributed by atoms with van der Waals surface area (Å²) in [6.45, 7) is 2.96. The fourth-order valence-electron chi connectivity index (χ4n) is 1.20. The van der Waals surface area contributed by atoms with Crippen LogP contribution in [-0.4, -0.2) is 19.0 Å². The summed E-state index contributed by atoms with van der Waals surface area (Å²) in [7, 11) is 4.08. The molecule has 0 aliphatic rings. The first-order valence-electron chi connectivity index (χ1n) is 4.09. The molecule has 2 N–H and O–H groups in total. The van der Waals surface area contributed by atoms with Crippen LogP contribution >= 0.6 is 0 Å². The maximum Gasteiger partial charge on any atom is 0.0362 e. The zero-order valence-corrected chi connectivity index (χ0v) is 7.96. The summed E-state index contributed by atoms with van der Waals surface area (Å²) in [5, 5.41) is 0. The highest BCUT2D eigenvalue weighted by Crippen LogP contribution is 2.14. The highest BCUT2D eigenvalue weighted by atomic mass is 15.0.